The summed E-state index contributed by atoms with van der Waals surface area (Å²) in [6.45, 7) is 6.45. The summed E-state index contributed by atoms with van der Waals surface area (Å²) in [5.74, 6) is 0.261. The fourth-order valence-corrected chi connectivity index (χ4v) is 0.465. The van der Waals surface area contributed by atoms with E-state index in [1.165, 1.54) is 6.26 Å². The van der Waals surface area contributed by atoms with Crippen molar-refractivity contribution in [2.75, 3.05) is 6.61 Å². The molecule has 0 heterocycles. The minimum Gasteiger partial charge on any atom is -0.500 e. The van der Waals surface area contributed by atoms with E-state index in [1.807, 2.05) is 20.8 Å². The van der Waals surface area contributed by atoms with Crippen molar-refractivity contribution in [1.82, 2.24) is 0 Å². The highest BCUT2D eigenvalue weighted by atomic mass is 16.5. The van der Waals surface area contributed by atoms with Gasteiger partial charge in [0.1, 0.15) is 0 Å². The van der Waals surface area contributed by atoms with Gasteiger partial charge in [-0.1, -0.05) is 13.8 Å². The van der Waals surface area contributed by atoms with Crippen LogP contribution in [0.3, 0.4) is 0 Å². The molecule has 10 heavy (non-hydrogen) atoms. The largest absolute Gasteiger partial charge is 0.500 e. The molecule has 0 aliphatic carbocycles. The Hall–Kier alpha value is -0.970. The molecule has 0 aliphatic rings. The molecule has 0 rings (SSSR count). The van der Waals surface area contributed by atoms with E-state index in [1.54, 1.807) is 0 Å². The summed E-state index contributed by atoms with van der Waals surface area (Å²) < 4.78 is 4.96. The zero-order chi connectivity index (χ0) is 7.98. The zero-order valence-corrected chi connectivity index (χ0v) is 6.72. The quantitative estimate of drug-likeness (QED) is 0.443. The van der Waals surface area contributed by atoms with Crippen LogP contribution < -0.4 is 0 Å². The summed E-state index contributed by atoms with van der Waals surface area (Å²) in [6, 6.07) is 2.07. The molecule has 0 atom stereocenters. The van der Waals surface area contributed by atoms with Crippen LogP contribution in [0.5, 0.6) is 0 Å². The van der Waals surface area contributed by atoms with Crippen LogP contribution >= 0.6 is 0 Å². The van der Waals surface area contributed by atoms with E-state index < -0.39 is 0 Å². The Morgan fingerprint density at radius 1 is 1.70 bits per heavy atom. The fraction of sp³-hybridized carbons (Fsp3) is 0.625. The average molecular weight is 139 g/mol. The van der Waals surface area contributed by atoms with Crippen molar-refractivity contribution in [3.63, 3.8) is 0 Å². The first-order chi connectivity index (χ1) is 4.72. The predicted octanol–water partition coefficient (Wildman–Crippen LogP) is 2.09. The predicted molar refractivity (Wildman–Crippen MR) is 40.2 cm³/mol. The lowest BCUT2D eigenvalue weighted by Gasteiger charge is -2.00. The molecule has 0 aromatic heterocycles. The molecule has 0 saturated heterocycles. The molecular formula is C8H13NO. The van der Waals surface area contributed by atoms with Gasteiger partial charge in [0.25, 0.3) is 0 Å². The minimum atomic E-state index is 0.261. The third-order valence-electron chi connectivity index (χ3n) is 1.13. The number of hydrogen-bond acceptors (Lipinski definition) is 2. The molecule has 0 unspecified atom stereocenters. The van der Waals surface area contributed by atoms with Crippen LogP contribution in [0, 0.1) is 17.2 Å². The van der Waals surface area contributed by atoms with Crippen LogP contribution in [-0.2, 0) is 4.74 Å². The maximum Gasteiger partial charge on any atom is 0.0982 e. The molecule has 0 aromatic rings. The number of nitrogens with zero attached hydrogens (tertiary/aromatic N) is 1. The molecule has 0 saturated carbocycles. The van der Waals surface area contributed by atoms with Crippen LogP contribution in [0.1, 0.15) is 20.8 Å². The van der Waals surface area contributed by atoms with Crippen LogP contribution in [0.4, 0.5) is 0 Å². The van der Waals surface area contributed by atoms with Crippen molar-refractivity contribution < 1.29 is 4.74 Å². The number of hydrogen-bond donors (Lipinski definition) is 0. The van der Waals surface area contributed by atoms with Crippen molar-refractivity contribution in [2.24, 2.45) is 5.92 Å². The van der Waals surface area contributed by atoms with E-state index in [4.69, 9.17) is 10.00 Å². The number of ether oxygens (including phenoxy) is 1. The van der Waals surface area contributed by atoms with Crippen LogP contribution in [-0.4, -0.2) is 6.61 Å². The summed E-state index contributed by atoms with van der Waals surface area (Å²) in [7, 11) is 0. The first-order valence-electron chi connectivity index (χ1n) is 3.44. The van der Waals surface area contributed by atoms with E-state index in [2.05, 4.69) is 6.07 Å². The number of allylic oxidation sites excluding steroid dienone is 1. The van der Waals surface area contributed by atoms with Gasteiger partial charge in [-0.15, -0.1) is 0 Å². The first-order valence-corrected chi connectivity index (χ1v) is 3.44. The molecular weight excluding hydrogens is 126 g/mol. The lowest BCUT2D eigenvalue weighted by atomic mass is 10.1. The maximum absolute atomic E-state index is 8.52. The van der Waals surface area contributed by atoms with E-state index in [0.717, 1.165) is 0 Å². The molecule has 0 aliphatic heterocycles. The van der Waals surface area contributed by atoms with E-state index in [0.29, 0.717) is 12.2 Å². The molecule has 0 fully saturated rings. The second-order valence-electron chi connectivity index (χ2n) is 2.30. The Balaban J connectivity index is 3.95. The first kappa shape index (κ1) is 9.03. The van der Waals surface area contributed by atoms with Gasteiger partial charge in [-0.3, -0.25) is 0 Å². The molecule has 2 nitrogen and oxygen atoms in total. The van der Waals surface area contributed by atoms with Gasteiger partial charge in [0.15, 0.2) is 0 Å². The normalized spacial score (nSPS) is 11.3. The highest BCUT2D eigenvalue weighted by Gasteiger charge is 2.00. The topological polar surface area (TPSA) is 33.0 Å². The molecule has 0 spiro atoms. The van der Waals surface area contributed by atoms with Crippen molar-refractivity contribution in [3.8, 4) is 6.07 Å². The number of nitriles is 1. The molecule has 0 bridgehead atoms. The van der Waals surface area contributed by atoms with Crippen LogP contribution in [0.25, 0.3) is 0 Å². The van der Waals surface area contributed by atoms with E-state index in [-0.39, 0.29) is 5.92 Å². The van der Waals surface area contributed by atoms with Gasteiger partial charge in [-0.25, -0.2) is 0 Å². The molecule has 0 aromatic carbocycles. The van der Waals surface area contributed by atoms with Gasteiger partial charge in [-0.05, 0) is 12.8 Å². The van der Waals surface area contributed by atoms with Crippen LogP contribution in [0.2, 0.25) is 0 Å². The maximum atomic E-state index is 8.52. The van der Waals surface area contributed by atoms with Crippen molar-refractivity contribution >= 4 is 0 Å². The number of rotatable bonds is 3. The Labute approximate surface area is 62.1 Å². The van der Waals surface area contributed by atoms with Crippen molar-refractivity contribution in [2.45, 2.75) is 20.8 Å². The summed E-state index contributed by atoms with van der Waals surface area (Å²) in [5.41, 5.74) is 0.696. The van der Waals surface area contributed by atoms with E-state index in [9.17, 15) is 0 Å². The molecule has 2 heteroatoms. The molecule has 56 valence electrons. The van der Waals surface area contributed by atoms with Crippen molar-refractivity contribution in [1.29, 1.82) is 5.26 Å². The Kier molecular flexibility index (Phi) is 4.39. The van der Waals surface area contributed by atoms with Gasteiger partial charge in [0.2, 0.25) is 0 Å². The Morgan fingerprint density at radius 3 is 2.60 bits per heavy atom. The fourth-order valence-electron chi connectivity index (χ4n) is 0.465. The van der Waals surface area contributed by atoms with E-state index >= 15 is 0 Å². The van der Waals surface area contributed by atoms with Gasteiger partial charge in [0, 0.05) is 0 Å². The summed E-state index contributed by atoms with van der Waals surface area (Å²) in [4.78, 5) is 0. The minimum absolute atomic E-state index is 0.261. The van der Waals surface area contributed by atoms with Crippen molar-refractivity contribution in [3.05, 3.63) is 11.8 Å². The Morgan fingerprint density at radius 2 is 2.30 bits per heavy atom. The molecule has 0 amide bonds. The standard InChI is InChI=1S/C8H13NO/c1-4-10-6-8(5-9)7(2)3/h6-7H,4H2,1-3H3/b8-6-. The molecule has 0 radical (unpaired) electrons. The summed E-state index contributed by atoms with van der Waals surface area (Å²) in [5, 5.41) is 8.52. The van der Waals surface area contributed by atoms with Gasteiger partial charge < -0.3 is 4.74 Å². The van der Waals surface area contributed by atoms with Gasteiger partial charge in [0.05, 0.1) is 24.5 Å². The van der Waals surface area contributed by atoms with Crippen LogP contribution in [0.15, 0.2) is 11.8 Å². The zero-order valence-electron chi connectivity index (χ0n) is 6.72. The average Bonchev–Trinajstić information content (AvgIpc) is 1.89. The SMILES string of the molecule is CCO/C=C(/C#N)C(C)C. The monoisotopic (exact) mass is 139 g/mol. The lowest BCUT2D eigenvalue weighted by molar-refractivity contribution is 0.265. The highest BCUT2D eigenvalue weighted by molar-refractivity contribution is 5.20. The second-order valence-corrected chi connectivity index (χ2v) is 2.30. The van der Waals surface area contributed by atoms with Gasteiger partial charge >= 0.3 is 0 Å². The molecule has 0 N–H and O–H groups in total. The van der Waals surface area contributed by atoms with Gasteiger partial charge in [-0.2, -0.15) is 5.26 Å². The lowest BCUT2D eigenvalue weighted by Crippen LogP contribution is -1.92. The second kappa shape index (κ2) is 4.87. The third-order valence-corrected chi connectivity index (χ3v) is 1.13. The highest BCUT2D eigenvalue weighted by Crippen LogP contribution is 2.07. The third kappa shape index (κ3) is 3.13. The summed E-state index contributed by atoms with van der Waals surface area (Å²) >= 11 is 0. The summed E-state index contributed by atoms with van der Waals surface area (Å²) in [6.07, 6.45) is 1.53. The smallest absolute Gasteiger partial charge is 0.0982 e. The Bertz CT molecular complexity index is 153.